The molecule has 0 aliphatic carbocycles. The van der Waals surface area contributed by atoms with Gasteiger partial charge in [-0.05, 0) is 32.1 Å². The van der Waals surface area contributed by atoms with E-state index in [2.05, 4.69) is 0 Å². The van der Waals surface area contributed by atoms with E-state index in [-0.39, 0.29) is 18.0 Å². The zero-order valence-electron chi connectivity index (χ0n) is 10.2. The first-order chi connectivity index (χ1) is 8.24. The summed E-state index contributed by atoms with van der Waals surface area (Å²) in [6, 6.07) is -0.412. The van der Waals surface area contributed by atoms with Crippen LogP contribution in [0.25, 0.3) is 0 Å². The van der Waals surface area contributed by atoms with Crippen molar-refractivity contribution in [2.24, 2.45) is 0 Å². The quantitative estimate of drug-likeness (QED) is 0.668. The van der Waals surface area contributed by atoms with Crippen LogP contribution in [0, 0.1) is 0 Å². The summed E-state index contributed by atoms with van der Waals surface area (Å²) in [6.45, 7) is 1.28. The molecule has 2 atom stereocenters. The highest BCUT2D eigenvalue weighted by molar-refractivity contribution is 5.87. The molecule has 96 valence electrons. The number of rotatable bonds is 2. The largest absolute Gasteiger partial charge is 0.467 e. The Labute approximate surface area is 101 Å². The lowest BCUT2D eigenvalue weighted by Crippen LogP contribution is -2.51. The minimum atomic E-state index is -0.412. The Morgan fingerprint density at radius 2 is 2.06 bits per heavy atom. The minimum Gasteiger partial charge on any atom is -0.467 e. The Morgan fingerprint density at radius 3 is 2.71 bits per heavy atom. The van der Waals surface area contributed by atoms with Crippen LogP contribution in [-0.4, -0.2) is 49.2 Å². The lowest BCUT2D eigenvalue weighted by Gasteiger charge is -2.35. The van der Waals surface area contributed by atoms with Crippen molar-refractivity contribution in [1.29, 1.82) is 0 Å². The Hall–Kier alpha value is -1.10. The number of piperidine rings is 1. The average Bonchev–Trinajstić information content (AvgIpc) is 2.91. The molecular formula is C12H19NO4. The topological polar surface area (TPSA) is 55.8 Å². The third-order valence-corrected chi connectivity index (χ3v) is 3.46. The van der Waals surface area contributed by atoms with Crippen LogP contribution in [0.3, 0.4) is 0 Å². The number of hydrogen-bond acceptors (Lipinski definition) is 4. The molecule has 2 aliphatic rings. The van der Waals surface area contributed by atoms with Gasteiger partial charge < -0.3 is 14.4 Å². The predicted octanol–water partition coefficient (Wildman–Crippen LogP) is 0.719. The van der Waals surface area contributed by atoms with Crippen molar-refractivity contribution >= 4 is 11.9 Å². The summed E-state index contributed by atoms with van der Waals surface area (Å²) in [4.78, 5) is 25.5. The lowest BCUT2D eigenvalue weighted by molar-refractivity contribution is -0.158. The fourth-order valence-electron chi connectivity index (χ4n) is 2.53. The van der Waals surface area contributed by atoms with Crippen molar-refractivity contribution in [2.75, 3.05) is 20.3 Å². The van der Waals surface area contributed by atoms with Crippen LogP contribution in [0.15, 0.2) is 0 Å². The molecular weight excluding hydrogens is 222 g/mol. The second kappa shape index (κ2) is 5.49. The number of hydrogen-bond donors (Lipinski definition) is 0. The normalized spacial score (nSPS) is 29.1. The first kappa shape index (κ1) is 12.4. The molecule has 2 heterocycles. The van der Waals surface area contributed by atoms with Crippen molar-refractivity contribution in [3.63, 3.8) is 0 Å². The molecule has 0 radical (unpaired) electrons. The van der Waals surface area contributed by atoms with Gasteiger partial charge in [0.1, 0.15) is 12.1 Å². The first-order valence-electron chi connectivity index (χ1n) is 6.24. The summed E-state index contributed by atoms with van der Waals surface area (Å²) in [6.07, 6.45) is 3.96. The number of amides is 1. The van der Waals surface area contributed by atoms with Crippen molar-refractivity contribution in [1.82, 2.24) is 4.90 Å². The van der Waals surface area contributed by atoms with Crippen molar-refractivity contribution in [2.45, 2.75) is 44.2 Å². The Balaban J connectivity index is 2.04. The van der Waals surface area contributed by atoms with Gasteiger partial charge in [-0.3, -0.25) is 4.79 Å². The average molecular weight is 241 g/mol. The Morgan fingerprint density at radius 1 is 1.24 bits per heavy atom. The van der Waals surface area contributed by atoms with E-state index in [1.54, 1.807) is 4.90 Å². The molecule has 2 fully saturated rings. The number of methoxy groups -OCH3 is 1. The monoisotopic (exact) mass is 241 g/mol. The van der Waals surface area contributed by atoms with Gasteiger partial charge >= 0.3 is 5.97 Å². The molecule has 0 unspecified atom stereocenters. The van der Waals surface area contributed by atoms with Gasteiger partial charge in [0, 0.05) is 13.2 Å². The number of ether oxygens (including phenoxy) is 2. The summed E-state index contributed by atoms with van der Waals surface area (Å²) < 4.78 is 10.1. The predicted molar refractivity (Wildman–Crippen MR) is 60.3 cm³/mol. The first-order valence-corrected chi connectivity index (χ1v) is 6.24. The molecule has 0 aromatic carbocycles. The fraction of sp³-hybridized carbons (Fsp3) is 0.833. The highest BCUT2D eigenvalue weighted by Crippen LogP contribution is 2.22. The number of esters is 1. The molecule has 2 saturated heterocycles. The van der Waals surface area contributed by atoms with Gasteiger partial charge in [0.05, 0.1) is 7.11 Å². The molecule has 1 amide bonds. The maximum absolute atomic E-state index is 12.2. The van der Waals surface area contributed by atoms with Gasteiger partial charge in [-0.25, -0.2) is 4.79 Å². The smallest absolute Gasteiger partial charge is 0.328 e. The molecule has 5 heteroatoms. The van der Waals surface area contributed by atoms with E-state index in [9.17, 15) is 9.59 Å². The van der Waals surface area contributed by atoms with Gasteiger partial charge in [0.25, 0.3) is 5.91 Å². The molecule has 0 bridgehead atoms. The molecule has 2 rings (SSSR count). The second-order valence-corrected chi connectivity index (χ2v) is 4.57. The van der Waals surface area contributed by atoms with Crippen LogP contribution >= 0.6 is 0 Å². The molecule has 0 aromatic rings. The number of nitrogens with zero attached hydrogens (tertiary/aromatic N) is 1. The van der Waals surface area contributed by atoms with E-state index in [0.29, 0.717) is 19.6 Å². The van der Waals surface area contributed by atoms with Gasteiger partial charge in [-0.1, -0.05) is 0 Å². The van der Waals surface area contributed by atoms with Crippen LogP contribution in [0.5, 0.6) is 0 Å². The maximum atomic E-state index is 12.2. The van der Waals surface area contributed by atoms with Crippen LogP contribution in [0.2, 0.25) is 0 Å². The van der Waals surface area contributed by atoms with E-state index in [1.165, 1.54) is 7.11 Å². The summed E-state index contributed by atoms with van der Waals surface area (Å²) >= 11 is 0. The Bertz CT molecular complexity index is 299. The van der Waals surface area contributed by atoms with Crippen LogP contribution < -0.4 is 0 Å². The minimum absolute atomic E-state index is 0.0439. The highest BCUT2D eigenvalue weighted by Gasteiger charge is 2.37. The molecule has 2 aliphatic heterocycles. The third-order valence-electron chi connectivity index (χ3n) is 3.46. The zero-order chi connectivity index (χ0) is 12.3. The van der Waals surface area contributed by atoms with E-state index >= 15 is 0 Å². The number of carbonyl (C=O) groups is 2. The number of carbonyl (C=O) groups excluding carboxylic acids is 2. The summed E-state index contributed by atoms with van der Waals surface area (Å²) in [5.41, 5.74) is 0. The SMILES string of the molecule is COC(=O)[C@H]1CCCCN1C(=O)[C@H]1CCCO1. The number of likely N-dealkylation sites (tertiary alicyclic amines) is 1. The lowest BCUT2D eigenvalue weighted by atomic mass is 10.0. The van der Waals surface area contributed by atoms with Crippen molar-refractivity contribution < 1.29 is 19.1 Å². The van der Waals surface area contributed by atoms with Gasteiger partial charge in [-0.2, -0.15) is 0 Å². The fourth-order valence-corrected chi connectivity index (χ4v) is 2.53. The van der Waals surface area contributed by atoms with E-state index in [0.717, 1.165) is 25.7 Å². The zero-order valence-corrected chi connectivity index (χ0v) is 10.2. The van der Waals surface area contributed by atoms with Gasteiger partial charge in [0.15, 0.2) is 0 Å². The summed E-state index contributed by atoms with van der Waals surface area (Å²) in [5, 5.41) is 0. The molecule has 0 spiro atoms. The standard InChI is InChI=1S/C12H19NO4/c1-16-12(15)9-5-2-3-7-13(9)11(14)10-6-4-8-17-10/h9-10H,2-8H2,1H3/t9-,10-/m1/s1. The second-order valence-electron chi connectivity index (χ2n) is 4.57. The molecule has 0 N–H and O–H groups in total. The van der Waals surface area contributed by atoms with Crippen molar-refractivity contribution in [3.8, 4) is 0 Å². The van der Waals surface area contributed by atoms with Crippen molar-refractivity contribution in [3.05, 3.63) is 0 Å². The van der Waals surface area contributed by atoms with Crippen LogP contribution in [0.4, 0.5) is 0 Å². The molecule has 5 nitrogen and oxygen atoms in total. The van der Waals surface area contributed by atoms with Gasteiger partial charge in [0.2, 0.25) is 0 Å². The summed E-state index contributed by atoms with van der Waals surface area (Å²) in [7, 11) is 1.37. The van der Waals surface area contributed by atoms with Crippen LogP contribution in [-0.2, 0) is 19.1 Å². The maximum Gasteiger partial charge on any atom is 0.328 e. The van der Waals surface area contributed by atoms with E-state index < -0.39 is 6.04 Å². The van der Waals surface area contributed by atoms with E-state index in [1.807, 2.05) is 0 Å². The Kier molecular flexibility index (Phi) is 3.99. The summed E-state index contributed by atoms with van der Waals surface area (Å²) in [5.74, 6) is -0.353. The molecule has 0 saturated carbocycles. The third kappa shape index (κ3) is 2.60. The van der Waals surface area contributed by atoms with Crippen LogP contribution in [0.1, 0.15) is 32.1 Å². The van der Waals surface area contributed by atoms with E-state index in [4.69, 9.17) is 9.47 Å². The molecule has 17 heavy (non-hydrogen) atoms. The molecule has 0 aromatic heterocycles. The highest BCUT2D eigenvalue weighted by atomic mass is 16.5. The van der Waals surface area contributed by atoms with Gasteiger partial charge in [-0.15, -0.1) is 0 Å².